The fourth-order valence-corrected chi connectivity index (χ4v) is 3.15. The van der Waals surface area contributed by atoms with Crippen LogP contribution in [0.3, 0.4) is 0 Å². The highest BCUT2D eigenvalue weighted by molar-refractivity contribution is 5.43. The van der Waals surface area contributed by atoms with Crippen molar-refractivity contribution < 1.29 is 4.74 Å². The molecule has 0 unspecified atom stereocenters. The minimum Gasteiger partial charge on any atom is -0.497 e. The monoisotopic (exact) mass is 322 g/mol. The molecular weight excluding hydrogens is 300 g/mol. The number of hydrogen-bond acceptors (Lipinski definition) is 3. The molecule has 0 aliphatic carbocycles. The molecule has 0 saturated carbocycles. The molecule has 0 fully saturated rings. The summed E-state index contributed by atoms with van der Waals surface area (Å²) in [7, 11) is 1.67. The summed E-state index contributed by atoms with van der Waals surface area (Å²) in [6.45, 7) is 6.12. The van der Waals surface area contributed by atoms with Gasteiger partial charge in [-0.15, -0.1) is 0 Å². The van der Waals surface area contributed by atoms with Crippen LogP contribution in [0.1, 0.15) is 31.0 Å². The van der Waals surface area contributed by atoms with Crippen LogP contribution in [-0.2, 0) is 0 Å². The van der Waals surface area contributed by atoms with E-state index in [1.54, 1.807) is 19.2 Å². The van der Waals surface area contributed by atoms with Crippen molar-refractivity contribution in [2.45, 2.75) is 26.7 Å². The average molecular weight is 322 g/mol. The minimum atomic E-state index is 0.0279. The quantitative estimate of drug-likeness (QED) is 0.864. The first-order chi connectivity index (χ1) is 11.5. The van der Waals surface area contributed by atoms with Crippen LogP contribution in [-0.4, -0.2) is 11.8 Å². The maximum absolute atomic E-state index is 11.5. The van der Waals surface area contributed by atoms with Crippen LogP contribution >= 0.6 is 0 Å². The van der Waals surface area contributed by atoms with Gasteiger partial charge in [-0.05, 0) is 38.5 Å². The fraction of sp³-hybridized carbons (Fsp3) is 0.250. The summed E-state index contributed by atoms with van der Waals surface area (Å²) in [5, 5.41) is 2.12. The van der Waals surface area contributed by atoms with Crippen molar-refractivity contribution >= 4 is 0 Å². The molecule has 1 aromatic heterocycles. The maximum atomic E-state index is 11.5. The Kier molecular flexibility index (Phi) is 4.30. The highest BCUT2D eigenvalue weighted by Gasteiger charge is 2.20. The summed E-state index contributed by atoms with van der Waals surface area (Å²) >= 11 is 0. The molecule has 4 heteroatoms. The number of nitrogens with zero attached hydrogens (tertiary/aromatic N) is 2. The zero-order chi connectivity index (χ0) is 17.3. The van der Waals surface area contributed by atoms with Crippen LogP contribution in [0.2, 0.25) is 0 Å². The van der Waals surface area contributed by atoms with E-state index in [9.17, 15) is 4.79 Å². The van der Waals surface area contributed by atoms with Crippen LogP contribution in [0, 0.1) is 6.92 Å². The Morgan fingerprint density at radius 2 is 1.58 bits per heavy atom. The Morgan fingerprint density at radius 3 is 2.12 bits per heavy atom. The highest BCUT2D eigenvalue weighted by Crippen LogP contribution is 2.30. The van der Waals surface area contributed by atoms with Gasteiger partial charge >= 0.3 is 0 Å². The van der Waals surface area contributed by atoms with Crippen molar-refractivity contribution in [3.63, 3.8) is 0 Å². The van der Waals surface area contributed by atoms with Gasteiger partial charge in [0.2, 0.25) is 0 Å². The number of ether oxygens (including phenoxy) is 1. The lowest BCUT2D eigenvalue weighted by Crippen LogP contribution is -2.35. The van der Waals surface area contributed by atoms with Gasteiger partial charge in [0.1, 0.15) is 5.75 Å². The van der Waals surface area contributed by atoms with Gasteiger partial charge < -0.3 is 4.74 Å². The maximum Gasteiger partial charge on any atom is 0.181 e. The molecule has 0 amide bonds. The molecule has 24 heavy (non-hydrogen) atoms. The molecule has 1 aliphatic rings. The van der Waals surface area contributed by atoms with E-state index in [0.29, 0.717) is 0 Å². The van der Waals surface area contributed by atoms with E-state index in [0.717, 1.165) is 22.8 Å². The number of pyridine rings is 1. The zero-order valence-electron chi connectivity index (χ0n) is 14.5. The summed E-state index contributed by atoms with van der Waals surface area (Å²) in [5.41, 5.74) is 4.42. The van der Waals surface area contributed by atoms with Crippen LogP contribution in [0.15, 0.2) is 70.9 Å². The van der Waals surface area contributed by atoms with E-state index in [1.807, 2.05) is 29.9 Å². The lowest BCUT2D eigenvalue weighted by atomic mass is 9.94. The zero-order valence-corrected chi connectivity index (χ0v) is 14.5. The molecule has 4 nitrogen and oxygen atoms in total. The van der Waals surface area contributed by atoms with E-state index in [2.05, 4.69) is 43.1 Å². The largest absolute Gasteiger partial charge is 0.497 e. The Bertz CT molecular complexity index is 840. The van der Waals surface area contributed by atoms with Gasteiger partial charge in [0.25, 0.3) is 0 Å². The summed E-state index contributed by atoms with van der Waals surface area (Å²) in [5.74, 6) is 1.09. The Labute approximate surface area is 142 Å². The van der Waals surface area contributed by atoms with Gasteiger partial charge in [-0.1, -0.05) is 24.3 Å². The van der Waals surface area contributed by atoms with Gasteiger partial charge in [-0.2, -0.15) is 0 Å². The highest BCUT2D eigenvalue weighted by atomic mass is 16.5. The summed E-state index contributed by atoms with van der Waals surface area (Å²) in [6, 6.07) is 11.4. The van der Waals surface area contributed by atoms with Crippen molar-refractivity contribution in [1.29, 1.82) is 0 Å². The third-order valence-corrected chi connectivity index (χ3v) is 4.32. The van der Waals surface area contributed by atoms with Gasteiger partial charge in [0.05, 0.1) is 7.11 Å². The first kappa shape index (κ1) is 16.1. The Balaban J connectivity index is 1.95. The number of methoxy groups -OCH3 is 1. The second kappa shape index (κ2) is 6.40. The number of hydrogen-bond donors (Lipinski definition) is 0. The summed E-state index contributed by atoms with van der Waals surface area (Å²) in [6.07, 6.45) is 6.28. The smallest absolute Gasteiger partial charge is 0.181 e. The van der Waals surface area contributed by atoms with Gasteiger partial charge in [-0.3, -0.25) is 14.5 Å². The van der Waals surface area contributed by atoms with Crippen molar-refractivity contribution in [3.05, 3.63) is 87.6 Å². The van der Waals surface area contributed by atoms with E-state index in [4.69, 9.17) is 4.74 Å². The first-order valence-electron chi connectivity index (χ1n) is 8.00. The van der Waals surface area contributed by atoms with Gasteiger partial charge in [-0.25, -0.2) is 0 Å². The third-order valence-electron chi connectivity index (χ3n) is 4.32. The molecule has 1 aliphatic heterocycles. The van der Waals surface area contributed by atoms with Crippen molar-refractivity contribution in [2.75, 3.05) is 12.1 Å². The SMILES string of the molecule is COc1ccc(C2C=C(C)N(n3ccc(=O)cc3C)C(C)=C2)cc1. The molecular formula is C20H22N2O2. The van der Waals surface area contributed by atoms with E-state index in [1.165, 1.54) is 5.56 Å². The molecule has 2 heterocycles. The molecule has 124 valence electrons. The molecule has 2 aromatic rings. The predicted molar refractivity (Wildman–Crippen MR) is 96.9 cm³/mol. The second-order valence-corrected chi connectivity index (χ2v) is 6.08. The fourth-order valence-electron chi connectivity index (χ4n) is 3.15. The molecule has 0 atom stereocenters. The topological polar surface area (TPSA) is 34.5 Å². The summed E-state index contributed by atoms with van der Waals surface area (Å²) < 4.78 is 7.23. The standard InChI is InChI=1S/C20H22N2O2/c1-14-13-19(23)9-10-21(14)22-15(2)11-18(12-16(22)3)17-5-7-20(24-4)8-6-17/h5-13,18H,1-4H3. The molecule has 0 bridgehead atoms. The van der Waals surface area contributed by atoms with E-state index in [-0.39, 0.29) is 11.3 Å². The molecule has 0 spiro atoms. The van der Waals surface area contributed by atoms with Crippen LogP contribution in [0.4, 0.5) is 0 Å². The predicted octanol–water partition coefficient (Wildman–Crippen LogP) is 3.71. The molecule has 3 rings (SSSR count). The molecule has 0 N–H and O–H groups in total. The first-order valence-corrected chi connectivity index (χ1v) is 8.00. The van der Waals surface area contributed by atoms with Crippen molar-refractivity contribution in [2.24, 2.45) is 0 Å². The Morgan fingerprint density at radius 1 is 0.958 bits per heavy atom. The van der Waals surface area contributed by atoms with E-state index < -0.39 is 0 Å². The average Bonchev–Trinajstić information content (AvgIpc) is 2.56. The summed E-state index contributed by atoms with van der Waals surface area (Å²) in [4.78, 5) is 11.5. The Hall–Kier alpha value is -2.75. The molecule has 0 radical (unpaired) electrons. The lowest BCUT2D eigenvalue weighted by Gasteiger charge is -2.34. The molecule has 1 aromatic carbocycles. The normalized spacial score (nSPS) is 15.1. The number of allylic oxidation sites excluding steroid dienone is 4. The minimum absolute atomic E-state index is 0.0279. The number of benzene rings is 1. The molecule has 0 saturated heterocycles. The second-order valence-electron chi connectivity index (χ2n) is 6.08. The van der Waals surface area contributed by atoms with Gasteiger partial charge in [0.15, 0.2) is 5.43 Å². The lowest BCUT2D eigenvalue weighted by molar-refractivity contribution is 0.414. The van der Waals surface area contributed by atoms with Crippen molar-refractivity contribution in [3.8, 4) is 5.75 Å². The van der Waals surface area contributed by atoms with Gasteiger partial charge in [0, 0.05) is 41.3 Å². The van der Waals surface area contributed by atoms with Crippen LogP contribution in [0.5, 0.6) is 5.75 Å². The van der Waals surface area contributed by atoms with Crippen molar-refractivity contribution in [1.82, 2.24) is 4.68 Å². The van der Waals surface area contributed by atoms with Crippen LogP contribution < -0.4 is 15.2 Å². The number of aromatic nitrogens is 1. The number of rotatable bonds is 3. The third kappa shape index (κ3) is 3.00. The number of aryl methyl sites for hydroxylation is 1. The van der Waals surface area contributed by atoms with Crippen LogP contribution in [0.25, 0.3) is 0 Å². The van der Waals surface area contributed by atoms with E-state index >= 15 is 0 Å².